The van der Waals surface area contributed by atoms with Gasteiger partial charge in [0.15, 0.2) is 5.76 Å². The Morgan fingerprint density at radius 3 is 2.70 bits per heavy atom. The number of hydrogen-bond acceptors (Lipinski definition) is 6. The predicted octanol–water partition coefficient (Wildman–Crippen LogP) is 5.48. The molecule has 0 atom stereocenters. The molecular formula is C26H24N2O4S. The number of furan rings is 1. The number of nitrogens with zero attached hydrogens (tertiary/aromatic N) is 1. The fraction of sp³-hybridized carbons (Fsp3) is 0.231. The predicted molar refractivity (Wildman–Crippen MR) is 129 cm³/mol. The Bertz CT molecular complexity index is 1280. The Kier molecular flexibility index (Phi) is 5.98. The van der Waals surface area contributed by atoms with Gasteiger partial charge in [-0.1, -0.05) is 48.5 Å². The van der Waals surface area contributed by atoms with Crippen molar-refractivity contribution in [2.24, 2.45) is 0 Å². The Hall–Kier alpha value is -3.42. The van der Waals surface area contributed by atoms with Crippen LogP contribution in [-0.4, -0.2) is 29.9 Å². The molecule has 0 spiro atoms. The van der Waals surface area contributed by atoms with Crippen LogP contribution in [0.2, 0.25) is 0 Å². The summed E-state index contributed by atoms with van der Waals surface area (Å²) in [6.45, 7) is 4.46. The van der Waals surface area contributed by atoms with Crippen LogP contribution in [0, 0.1) is 0 Å². The maximum Gasteiger partial charge on any atom is 0.341 e. The van der Waals surface area contributed by atoms with Gasteiger partial charge < -0.3 is 14.5 Å². The Labute approximate surface area is 195 Å². The first-order chi connectivity index (χ1) is 16.1. The van der Waals surface area contributed by atoms with Gasteiger partial charge in [0.2, 0.25) is 0 Å². The van der Waals surface area contributed by atoms with Gasteiger partial charge in [0.25, 0.3) is 5.91 Å². The minimum absolute atomic E-state index is 0.211. The van der Waals surface area contributed by atoms with Crippen LogP contribution in [0.25, 0.3) is 11.0 Å². The lowest BCUT2D eigenvalue weighted by molar-refractivity contribution is 0.0526. The van der Waals surface area contributed by atoms with E-state index < -0.39 is 5.97 Å². The van der Waals surface area contributed by atoms with Crippen molar-refractivity contribution in [3.63, 3.8) is 0 Å². The van der Waals surface area contributed by atoms with Crippen LogP contribution in [0.5, 0.6) is 0 Å². The van der Waals surface area contributed by atoms with Crippen molar-refractivity contribution in [2.45, 2.75) is 26.4 Å². The van der Waals surface area contributed by atoms with Crippen LogP contribution >= 0.6 is 11.3 Å². The smallest absolute Gasteiger partial charge is 0.341 e. The minimum Gasteiger partial charge on any atom is -0.462 e. The Balaban J connectivity index is 1.42. The number of para-hydroxylation sites is 1. The van der Waals surface area contributed by atoms with Crippen molar-refractivity contribution in [1.29, 1.82) is 0 Å². The van der Waals surface area contributed by atoms with Crippen molar-refractivity contribution in [2.75, 3.05) is 18.5 Å². The summed E-state index contributed by atoms with van der Waals surface area (Å²) in [5.74, 6) is -0.564. The molecule has 4 aromatic rings. The summed E-state index contributed by atoms with van der Waals surface area (Å²) in [7, 11) is 0. The number of rotatable bonds is 6. The third-order valence-electron chi connectivity index (χ3n) is 5.74. The average Bonchev–Trinajstić information content (AvgIpc) is 3.41. The Morgan fingerprint density at radius 2 is 1.91 bits per heavy atom. The maximum absolute atomic E-state index is 13.0. The molecule has 2 aromatic heterocycles. The average molecular weight is 461 g/mol. The largest absolute Gasteiger partial charge is 0.462 e. The van der Waals surface area contributed by atoms with E-state index in [9.17, 15) is 9.59 Å². The van der Waals surface area contributed by atoms with Crippen LogP contribution < -0.4 is 5.32 Å². The molecular weight excluding hydrogens is 436 g/mol. The van der Waals surface area contributed by atoms with E-state index in [1.165, 1.54) is 16.9 Å². The van der Waals surface area contributed by atoms with Gasteiger partial charge in [-0.25, -0.2) is 4.79 Å². The molecule has 1 N–H and O–H groups in total. The highest BCUT2D eigenvalue weighted by molar-refractivity contribution is 7.17. The second kappa shape index (κ2) is 9.21. The van der Waals surface area contributed by atoms with E-state index in [1.54, 1.807) is 13.0 Å². The van der Waals surface area contributed by atoms with Crippen LogP contribution in [0.3, 0.4) is 0 Å². The van der Waals surface area contributed by atoms with E-state index in [-0.39, 0.29) is 18.3 Å². The number of esters is 1. The van der Waals surface area contributed by atoms with Crippen molar-refractivity contribution in [3.8, 4) is 0 Å². The zero-order valence-corrected chi connectivity index (χ0v) is 19.1. The molecule has 3 heterocycles. The molecule has 0 saturated heterocycles. The summed E-state index contributed by atoms with van der Waals surface area (Å²) in [5.41, 5.74) is 3.35. The van der Waals surface area contributed by atoms with Gasteiger partial charge >= 0.3 is 5.97 Å². The molecule has 0 saturated carbocycles. The number of carbonyl (C=O) groups excluding carboxylic acids is 2. The van der Waals surface area contributed by atoms with Gasteiger partial charge in [-0.15, -0.1) is 11.3 Å². The molecule has 2 aromatic carbocycles. The highest BCUT2D eigenvalue weighted by Crippen LogP contribution is 2.38. The molecule has 0 bridgehead atoms. The molecule has 1 amide bonds. The van der Waals surface area contributed by atoms with Crippen molar-refractivity contribution in [3.05, 3.63) is 88.0 Å². The number of thiophene rings is 1. The first-order valence-corrected chi connectivity index (χ1v) is 11.8. The van der Waals surface area contributed by atoms with E-state index in [1.807, 2.05) is 42.5 Å². The van der Waals surface area contributed by atoms with Crippen LogP contribution in [0.15, 0.2) is 65.1 Å². The number of anilines is 1. The molecule has 6 nitrogen and oxygen atoms in total. The lowest BCUT2D eigenvalue weighted by atomic mass is 10.0. The van der Waals surface area contributed by atoms with Crippen molar-refractivity contribution >= 4 is 39.2 Å². The summed E-state index contributed by atoms with van der Waals surface area (Å²) >= 11 is 1.44. The molecule has 0 fully saturated rings. The van der Waals surface area contributed by atoms with Crippen molar-refractivity contribution in [1.82, 2.24) is 4.90 Å². The number of nitrogens with one attached hydrogen (secondary N) is 1. The first-order valence-electron chi connectivity index (χ1n) is 11.0. The van der Waals surface area contributed by atoms with Gasteiger partial charge in [-0.2, -0.15) is 0 Å². The normalized spacial score (nSPS) is 13.6. The van der Waals surface area contributed by atoms with Crippen LogP contribution in [0.4, 0.5) is 5.00 Å². The van der Waals surface area contributed by atoms with Gasteiger partial charge in [-0.3, -0.25) is 9.69 Å². The van der Waals surface area contributed by atoms with Crippen LogP contribution in [-0.2, 0) is 24.2 Å². The van der Waals surface area contributed by atoms with Gasteiger partial charge in [-0.05, 0) is 36.6 Å². The third kappa shape index (κ3) is 4.42. The molecule has 5 rings (SSSR count). The maximum atomic E-state index is 13.0. The fourth-order valence-electron chi connectivity index (χ4n) is 4.20. The number of carbonyl (C=O) groups is 2. The molecule has 7 heteroatoms. The van der Waals surface area contributed by atoms with E-state index in [2.05, 4.69) is 22.3 Å². The summed E-state index contributed by atoms with van der Waals surface area (Å²) in [4.78, 5) is 29.2. The molecule has 33 heavy (non-hydrogen) atoms. The summed E-state index contributed by atoms with van der Waals surface area (Å²) in [6.07, 6.45) is 0.729. The fourth-order valence-corrected chi connectivity index (χ4v) is 5.47. The van der Waals surface area contributed by atoms with E-state index in [0.29, 0.717) is 16.1 Å². The SMILES string of the molecule is CCOC(=O)c1c(NC(=O)c2cc3ccccc3o2)sc2c1CCN(Cc1ccccc1)C2. The topological polar surface area (TPSA) is 71.8 Å². The molecule has 1 aliphatic rings. The monoisotopic (exact) mass is 460 g/mol. The van der Waals surface area contributed by atoms with E-state index in [4.69, 9.17) is 9.15 Å². The second-order valence-corrected chi connectivity index (χ2v) is 9.08. The third-order valence-corrected chi connectivity index (χ3v) is 6.87. The minimum atomic E-state index is -0.397. The Morgan fingerprint density at radius 1 is 1.12 bits per heavy atom. The van der Waals surface area contributed by atoms with Gasteiger partial charge in [0.05, 0.1) is 12.2 Å². The first kappa shape index (κ1) is 21.4. The van der Waals surface area contributed by atoms with E-state index >= 15 is 0 Å². The highest BCUT2D eigenvalue weighted by atomic mass is 32.1. The number of amides is 1. The lowest BCUT2D eigenvalue weighted by Gasteiger charge is -2.27. The lowest BCUT2D eigenvalue weighted by Crippen LogP contribution is -2.29. The second-order valence-electron chi connectivity index (χ2n) is 7.98. The zero-order valence-electron chi connectivity index (χ0n) is 18.3. The van der Waals surface area contributed by atoms with Gasteiger partial charge in [0.1, 0.15) is 10.6 Å². The molecule has 168 valence electrons. The number of benzene rings is 2. The molecule has 0 radical (unpaired) electrons. The molecule has 0 aliphatic carbocycles. The standard InChI is InChI=1S/C26H24N2O4S/c1-2-31-26(30)23-19-12-13-28(15-17-8-4-3-5-9-17)16-22(19)33-25(23)27-24(29)21-14-18-10-6-7-11-20(18)32-21/h3-11,14H,2,12-13,15-16H2,1H3,(H,27,29). The zero-order chi connectivity index (χ0) is 22.8. The van der Waals surface area contributed by atoms with Gasteiger partial charge in [0, 0.05) is 29.9 Å². The molecule has 1 aliphatic heterocycles. The quantitative estimate of drug-likeness (QED) is 0.386. The van der Waals surface area contributed by atoms with Crippen molar-refractivity contribution < 1.29 is 18.7 Å². The summed E-state index contributed by atoms with van der Waals surface area (Å²) < 4.78 is 11.0. The van der Waals surface area contributed by atoms with Crippen LogP contribution in [0.1, 0.15) is 43.8 Å². The number of fused-ring (bicyclic) bond motifs is 2. The number of ether oxygens (including phenoxy) is 1. The highest BCUT2D eigenvalue weighted by Gasteiger charge is 2.30. The molecule has 0 unspecified atom stereocenters. The summed E-state index contributed by atoms with van der Waals surface area (Å²) in [5, 5.41) is 4.29. The summed E-state index contributed by atoms with van der Waals surface area (Å²) in [6, 6.07) is 19.5. The van der Waals surface area contributed by atoms with E-state index in [0.717, 1.165) is 41.9 Å². The number of hydrogen-bond donors (Lipinski definition) is 1.